The summed E-state index contributed by atoms with van der Waals surface area (Å²) in [6, 6.07) is 1.10. The number of aromatic carboxylic acids is 1. The molecule has 0 fully saturated rings. The van der Waals surface area contributed by atoms with Gasteiger partial charge in [-0.25, -0.2) is 9.78 Å². The second-order valence-corrected chi connectivity index (χ2v) is 4.11. The number of pyridine rings is 1. The third-order valence-electron chi connectivity index (χ3n) is 1.56. The van der Waals surface area contributed by atoms with Crippen LogP contribution in [0, 0.1) is 3.57 Å². The highest BCUT2D eigenvalue weighted by atomic mass is 127. The van der Waals surface area contributed by atoms with E-state index in [2.05, 4.69) is 9.72 Å². The lowest BCUT2D eigenvalue weighted by Crippen LogP contribution is -2.20. The molecule has 4 nitrogen and oxygen atoms in total. The highest BCUT2D eigenvalue weighted by molar-refractivity contribution is 14.1. The summed E-state index contributed by atoms with van der Waals surface area (Å²) >= 11 is 6.82. The molecule has 9 heteroatoms. The van der Waals surface area contributed by atoms with Gasteiger partial charge in [-0.2, -0.15) is 0 Å². The number of carboxylic acids is 1. The number of ether oxygens (including phenoxy) is 1. The van der Waals surface area contributed by atoms with Crippen LogP contribution in [0.15, 0.2) is 6.07 Å². The Morgan fingerprint density at radius 3 is 2.59 bits per heavy atom. The van der Waals surface area contributed by atoms with Crippen molar-refractivity contribution in [2.24, 2.45) is 0 Å². The third-order valence-corrected chi connectivity index (χ3v) is 2.88. The largest absolute Gasteiger partial charge is 0.574 e. The van der Waals surface area contributed by atoms with E-state index in [-0.39, 0.29) is 20.7 Å². The zero-order valence-corrected chi connectivity index (χ0v) is 10.8. The normalized spacial score (nSPS) is 11.4. The van der Waals surface area contributed by atoms with E-state index in [0.717, 1.165) is 6.07 Å². The second kappa shape index (κ2) is 5.25. The monoisotopic (exact) mass is 381 g/mol. The first-order valence-corrected chi connectivity index (χ1v) is 5.60. The first-order chi connectivity index (χ1) is 7.74. The highest BCUT2D eigenvalue weighted by Gasteiger charge is 2.33. The van der Waals surface area contributed by atoms with Crippen molar-refractivity contribution in [1.29, 1.82) is 0 Å². The number of halogens is 5. The predicted octanol–water partition coefficient (Wildman–Crippen LogP) is 3.02. The quantitative estimate of drug-likeness (QED) is 0.646. The molecule has 0 amide bonds. The van der Waals surface area contributed by atoms with E-state index >= 15 is 0 Å². The summed E-state index contributed by atoms with van der Waals surface area (Å²) in [5.41, 5.74) is -0.348. The van der Waals surface area contributed by atoms with Crippen molar-refractivity contribution in [2.75, 3.05) is 0 Å². The Balaban J connectivity index is 3.29. The number of rotatable bonds is 3. The van der Waals surface area contributed by atoms with E-state index in [4.69, 9.17) is 16.7 Å². The molecule has 0 bridgehead atoms. The number of hydrogen-bond acceptors (Lipinski definition) is 3. The average Bonchev–Trinajstić information content (AvgIpc) is 2.18. The van der Waals surface area contributed by atoms with Gasteiger partial charge in [0.15, 0.2) is 0 Å². The van der Waals surface area contributed by atoms with Gasteiger partial charge in [-0.3, -0.25) is 0 Å². The van der Waals surface area contributed by atoms with Gasteiger partial charge >= 0.3 is 12.3 Å². The van der Waals surface area contributed by atoms with Crippen LogP contribution in [0.5, 0.6) is 5.88 Å². The van der Waals surface area contributed by atoms with Gasteiger partial charge in [0.1, 0.15) is 0 Å². The van der Waals surface area contributed by atoms with Crippen molar-refractivity contribution in [3.05, 3.63) is 20.9 Å². The van der Waals surface area contributed by atoms with Crippen LogP contribution in [-0.4, -0.2) is 22.4 Å². The van der Waals surface area contributed by atoms with Crippen molar-refractivity contribution in [3.8, 4) is 5.88 Å². The summed E-state index contributed by atoms with van der Waals surface area (Å²) in [5.74, 6) is -2.41. The molecule has 0 atom stereocenters. The van der Waals surface area contributed by atoms with Gasteiger partial charge in [0.2, 0.25) is 5.88 Å². The molecule has 1 aromatic rings. The topological polar surface area (TPSA) is 59.4 Å². The summed E-state index contributed by atoms with van der Waals surface area (Å²) in [6.45, 7) is 0. The molecule has 94 valence electrons. The molecule has 0 saturated carbocycles. The van der Waals surface area contributed by atoms with Gasteiger partial charge in [0.05, 0.1) is 20.7 Å². The summed E-state index contributed by atoms with van der Waals surface area (Å²) < 4.78 is 39.5. The third kappa shape index (κ3) is 3.87. The minimum absolute atomic E-state index is 0.0104. The molecular weight excluding hydrogens is 377 g/mol. The van der Waals surface area contributed by atoms with Crippen molar-refractivity contribution in [1.82, 2.24) is 4.98 Å². The van der Waals surface area contributed by atoms with Crippen LogP contribution in [-0.2, 0) is 5.88 Å². The maximum absolute atomic E-state index is 12.0. The zero-order valence-electron chi connectivity index (χ0n) is 7.89. The second-order valence-electron chi connectivity index (χ2n) is 2.77. The molecule has 0 aliphatic heterocycles. The maximum Gasteiger partial charge on any atom is 0.574 e. The van der Waals surface area contributed by atoms with Gasteiger partial charge < -0.3 is 9.84 Å². The average molecular weight is 381 g/mol. The van der Waals surface area contributed by atoms with Crippen LogP contribution in [0.25, 0.3) is 0 Å². The van der Waals surface area contributed by atoms with Crippen LogP contribution < -0.4 is 4.74 Å². The highest BCUT2D eigenvalue weighted by Crippen LogP contribution is 2.29. The molecule has 1 heterocycles. The Bertz CT molecular complexity index is 452. The molecule has 1 rings (SSSR count). The van der Waals surface area contributed by atoms with E-state index in [9.17, 15) is 18.0 Å². The molecule has 0 saturated heterocycles. The molecule has 17 heavy (non-hydrogen) atoms. The van der Waals surface area contributed by atoms with Gasteiger partial charge in [-0.05, 0) is 28.7 Å². The Morgan fingerprint density at radius 2 is 2.18 bits per heavy atom. The molecule has 0 aromatic carbocycles. The van der Waals surface area contributed by atoms with Crippen molar-refractivity contribution < 1.29 is 27.8 Å². The van der Waals surface area contributed by atoms with Crippen LogP contribution >= 0.6 is 34.2 Å². The van der Waals surface area contributed by atoms with E-state index in [0.29, 0.717) is 0 Å². The Hall–Kier alpha value is -0.770. The zero-order chi connectivity index (χ0) is 13.2. The molecule has 1 N–H and O–H groups in total. The summed E-state index contributed by atoms with van der Waals surface area (Å²) in [4.78, 5) is 14.3. The lowest BCUT2D eigenvalue weighted by molar-refractivity contribution is -0.276. The fourth-order valence-corrected chi connectivity index (χ4v) is 1.71. The number of carbonyl (C=O) groups is 1. The maximum atomic E-state index is 12.0. The smallest absolute Gasteiger partial charge is 0.478 e. The molecule has 0 aliphatic carbocycles. The van der Waals surface area contributed by atoms with E-state index in [1.165, 1.54) is 22.6 Å². The van der Waals surface area contributed by atoms with E-state index in [1.807, 2.05) is 0 Å². The Kier molecular flexibility index (Phi) is 4.42. The molecule has 1 aromatic heterocycles. The molecule has 0 spiro atoms. The lowest BCUT2D eigenvalue weighted by atomic mass is 10.2. The minimum atomic E-state index is -4.94. The summed E-state index contributed by atoms with van der Waals surface area (Å²) in [7, 11) is 0. The van der Waals surface area contributed by atoms with E-state index in [1.54, 1.807) is 0 Å². The molecule has 0 unspecified atom stereocenters. The van der Waals surface area contributed by atoms with Gasteiger partial charge in [0, 0.05) is 0 Å². The van der Waals surface area contributed by atoms with Crippen LogP contribution in [0.2, 0.25) is 0 Å². The number of alkyl halides is 4. The Morgan fingerprint density at radius 1 is 1.59 bits per heavy atom. The SMILES string of the molecule is O=C(O)c1cc(CCl)nc(OC(F)(F)F)c1I. The van der Waals surface area contributed by atoms with Crippen LogP contribution in [0.1, 0.15) is 16.1 Å². The fourth-order valence-electron chi connectivity index (χ4n) is 0.958. The van der Waals surface area contributed by atoms with Crippen LogP contribution in [0.3, 0.4) is 0 Å². The minimum Gasteiger partial charge on any atom is -0.478 e. The van der Waals surface area contributed by atoms with Crippen molar-refractivity contribution in [3.63, 3.8) is 0 Å². The van der Waals surface area contributed by atoms with Crippen molar-refractivity contribution >= 4 is 40.2 Å². The van der Waals surface area contributed by atoms with Gasteiger partial charge in [-0.1, -0.05) is 0 Å². The molecule has 0 radical (unpaired) electrons. The Labute approximate surface area is 112 Å². The fraction of sp³-hybridized carbons (Fsp3) is 0.250. The number of aromatic nitrogens is 1. The lowest BCUT2D eigenvalue weighted by Gasteiger charge is -2.12. The number of nitrogens with zero attached hydrogens (tertiary/aromatic N) is 1. The van der Waals surface area contributed by atoms with Gasteiger partial charge in [-0.15, -0.1) is 24.8 Å². The summed E-state index contributed by atoms with van der Waals surface area (Å²) in [5, 5.41) is 8.80. The number of carboxylic acid groups (broad SMARTS) is 1. The molecule has 0 aliphatic rings. The first kappa shape index (κ1) is 14.3. The predicted molar refractivity (Wildman–Crippen MR) is 60.2 cm³/mol. The molecular formula is C8H4ClF3INO3. The van der Waals surface area contributed by atoms with Crippen LogP contribution in [0.4, 0.5) is 13.2 Å². The summed E-state index contributed by atoms with van der Waals surface area (Å²) in [6.07, 6.45) is -4.94. The number of hydrogen-bond donors (Lipinski definition) is 1. The standard InChI is InChI=1S/C8H4ClF3INO3/c9-2-3-1-4(7(15)16)5(13)6(14-3)17-8(10,11)12/h1H,2H2,(H,15,16). The first-order valence-electron chi connectivity index (χ1n) is 3.99. The van der Waals surface area contributed by atoms with Crippen molar-refractivity contribution in [2.45, 2.75) is 12.2 Å². The van der Waals surface area contributed by atoms with Gasteiger partial charge in [0.25, 0.3) is 0 Å². The van der Waals surface area contributed by atoms with E-state index < -0.39 is 18.2 Å².